The fourth-order valence-corrected chi connectivity index (χ4v) is 9.56. The molecule has 47 heavy (non-hydrogen) atoms. The van der Waals surface area contributed by atoms with Crippen molar-refractivity contribution >= 4 is 49.2 Å². The molecule has 0 saturated heterocycles. The summed E-state index contributed by atoms with van der Waals surface area (Å²) in [7, 11) is -1.30. The van der Waals surface area contributed by atoms with Crippen molar-refractivity contribution in [2.24, 2.45) is 7.05 Å². The van der Waals surface area contributed by atoms with Gasteiger partial charge in [0.25, 0.3) is 5.01 Å². The second kappa shape index (κ2) is 21.7. The van der Waals surface area contributed by atoms with Crippen LogP contribution in [0, 0.1) is 0 Å². The summed E-state index contributed by atoms with van der Waals surface area (Å²) in [6.07, 6.45) is 25.1. The third kappa shape index (κ3) is 12.7. The molecule has 0 saturated carbocycles. The molecule has 0 spiro atoms. The van der Waals surface area contributed by atoms with Crippen LogP contribution in [-0.4, -0.2) is 26.8 Å². The zero-order valence-corrected chi connectivity index (χ0v) is 32.1. The Kier molecular flexibility index (Phi) is 18.1. The molecule has 0 amide bonds. The van der Waals surface area contributed by atoms with Gasteiger partial charge in [0.05, 0.1) is 10.1 Å². The first-order valence-corrected chi connectivity index (χ1v) is 21.4. The van der Waals surface area contributed by atoms with E-state index in [9.17, 15) is 8.42 Å². The predicted molar refractivity (Wildman–Crippen MR) is 207 cm³/mol. The monoisotopic (exact) mass is 681 g/mol. The normalized spacial score (nSPS) is 12.2. The lowest BCUT2D eigenvalue weighted by atomic mass is 10.1. The van der Waals surface area contributed by atoms with Crippen LogP contribution in [0.5, 0.6) is 0 Å². The number of sulfone groups is 1. The van der Waals surface area contributed by atoms with Crippen LogP contribution in [0.3, 0.4) is 0 Å². The highest BCUT2D eigenvalue weighted by atomic mass is 32.2. The number of aromatic nitrogens is 1. The summed E-state index contributed by atoms with van der Waals surface area (Å²) >= 11 is 1.67. The minimum atomic E-state index is -3.38. The van der Waals surface area contributed by atoms with Gasteiger partial charge in [0.1, 0.15) is 11.7 Å². The van der Waals surface area contributed by atoms with Crippen molar-refractivity contribution in [1.29, 1.82) is 0 Å². The molecule has 0 aliphatic heterocycles. The van der Waals surface area contributed by atoms with Crippen molar-refractivity contribution in [3.05, 3.63) is 53.0 Å². The standard InChI is InChI=1S/C41H65N2O2S2/c1-6-10-14-18-22-37(23-19-15-11-7-2)47(44,45)38-29-30-39-40(34-38)46-41(42(39)5)31-26-35-24-27-36(28-25-35)43(32-20-16-12-8-3)33-21-17-13-9-4/h24-31,34,37H,6-23,32-33H2,1-5H3/q+1. The lowest BCUT2D eigenvalue weighted by Gasteiger charge is -2.25. The Balaban J connectivity index is 1.75. The molecule has 262 valence electrons. The highest BCUT2D eigenvalue weighted by molar-refractivity contribution is 7.92. The molecule has 6 heteroatoms. The van der Waals surface area contributed by atoms with E-state index in [1.807, 2.05) is 18.2 Å². The number of rotatable bonds is 25. The highest BCUT2D eigenvalue weighted by Gasteiger charge is 2.28. The molecule has 0 atom stereocenters. The highest BCUT2D eigenvalue weighted by Crippen LogP contribution is 2.30. The minimum Gasteiger partial charge on any atom is -0.372 e. The first kappa shape index (κ1) is 39.3. The number of hydrogen-bond donors (Lipinski definition) is 0. The van der Waals surface area contributed by atoms with Gasteiger partial charge in [0, 0.05) is 30.9 Å². The Morgan fingerprint density at radius 1 is 0.681 bits per heavy atom. The number of fused-ring (bicyclic) bond motifs is 1. The molecule has 0 N–H and O–H groups in total. The predicted octanol–water partition coefficient (Wildman–Crippen LogP) is 11.9. The Morgan fingerprint density at radius 2 is 1.21 bits per heavy atom. The van der Waals surface area contributed by atoms with Crippen LogP contribution in [0.4, 0.5) is 5.69 Å². The summed E-state index contributed by atoms with van der Waals surface area (Å²) < 4.78 is 31.1. The Hall–Kier alpha value is -2.18. The lowest BCUT2D eigenvalue weighted by molar-refractivity contribution is -0.642. The summed E-state index contributed by atoms with van der Waals surface area (Å²) in [4.78, 5) is 3.07. The van der Waals surface area contributed by atoms with Gasteiger partial charge in [-0.15, -0.1) is 0 Å². The fourth-order valence-electron chi connectivity index (χ4n) is 6.51. The van der Waals surface area contributed by atoms with Crippen LogP contribution in [-0.2, 0) is 16.9 Å². The van der Waals surface area contributed by atoms with Crippen molar-refractivity contribution in [3.63, 3.8) is 0 Å². The maximum atomic E-state index is 13.9. The molecule has 0 aliphatic rings. The summed E-state index contributed by atoms with van der Waals surface area (Å²) in [5.41, 5.74) is 3.58. The van der Waals surface area contributed by atoms with E-state index in [1.165, 1.54) is 88.3 Å². The summed E-state index contributed by atoms with van der Waals surface area (Å²) in [5.74, 6) is 0. The number of anilines is 1. The lowest BCUT2D eigenvalue weighted by Crippen LogP contribution is -2.29. The first-order chi connectivity index (χ1) is 22.8. The van der Waals surface area contributed by atoms with Gasteiger partial charge < -0.3 is 4.90 Å². The fraction of sp³-hybridized carbons (Fsp3) is 0.634. The maximum absolute atomic E-state index is 13.9. The molecule has 0 fully saturated rings. The zero-order valence-electron chi connectivity index (χ0n) is 30.4. The Morgan fingerprint density at radius 3 is 1.74 bits per heavy atom. The van der Waals surface area contributed by atoms with Gasteiger partial charge in [-0.25, -0.2) is 8.42 Å². The molecule has 3 aromatic rings. The molecule has 0 radical (unpaired) electrons. The van der Waals surface area contributed by atoms with E-state index in [2.05, 4.69) is 80.6 Å². The van der Waals surface area contributed by atoms with E-state index in [1.54, 1.807) is 11.3 Å². The molecule has 0 unspecified atom stereocenters. The van der Waals surface area contributed by atoms with E-state index < -0.39 is 9.84 Å². The van der Waals surface area contributed by atoms with E-state index in [0.717, 1.165) is 66.8 Å². The van der Waals surface area contributed by atoms with E-state index in [-0.39, 0.29) is 5.25 Å². The summed E-state index contributed by atoms with van der Waals surface area (Å²) in [6, 6.07) is 14.8. The second-order valence-electron chi connectivity index (χ2n) is 13.5. The van der Waals surface area contributed by atoms with Crippen LogP contribution in [0.25, 0.3) is 22.4 Å². The number of nitrogens with zero attached hydrogens (tertiary/aromatic N) is 2. The van der Waals surface area contributed by atoms with Gasteiger partial charge in [0.2, 0.25) is 5.52 Å². The van der Waals surface area contributed by atoms with Gasteiger partial charge in [-0.05, 0) is 61.6 Å². The zero-order chi connectivity index (χ0) is 33.9. The first-order valence-electron chi connectivity index (χ1n) is 19.0. The minimum absolute atomic E-state index is 0.284. The van der Waals surface area contributed by atoms with Crippen molar-refractivity contribution in [1.82, 2.24) is 0 Å². The van der Waals surface area contributed by atoms with Gasteiger partial charge in [-0.1, -0.05) is 141 Å². The Bertz CT molecular complexity index is 1400. The smallest absolute Gasteiger partial charge is 0.262 e. The van der Waals surface area contributed by atoms with Crippen LogP contribution < -0.4 is 9.47 Å². The third-order valence-electron chi connectivity index (χ3n) is 9.60. The molecular weight excluding hydrogens is 617 g/mol. The molecule has 1 heterocycles. The molecule has 0 bridgehead atoms. The van der Waals surface area contributed by atoms with Crippen molar-refractivity contribution in [3.8, 4) is 0 Å². The molecule has 1 aromatic heterocycles. The second-order valence-corrected chi connectivity index (χ2v) is 16.8. The van der Waals surface area contributed by atoms with Gasteiger partial charge in [-0.2, -0.15) is 4.57 Å². The van der Waals surface area contributed by atoms with Gasteiger partial charge >= 0.3 is 0 Å². The molecule has 4 nitrogen and oxygen atoms in total. The number of thiazole rings is 1. The summed E-state index contributed by atoms with van der Waals surface area (Å²) in [5, 5.41) is 0.830. The van der Waals surface area contributed by atoms with Gasteiger partial charge in [0.15, 0.2) is 9.84 Å². The third-order valence-corrected chi connectivity index (χ3v) is 13.0. The van der Waals surface area contributed by atoms with E-state index in [4.69, 9.17) is 0 Å². The van der Waals surface area contributed by atoms with Crippen LogP contribution in [0.1, 0.15) is 154 Å². The average molecular weight is 682 g/mol. The number of unbranched alkanes of at least 4 members (excludes halogenated alkanes) is 12. The van der Waals surface area contributed by atoms with Crippen LogP contribution in [0.15, 0.2) is 47.4 Å². The molecular formula is C41H65N2O2S2+. The van der Waals surface area contributed by atoms with E-state index >= 15 is 0 Å². The topological polar surface area (TPSA) is 41.3 Å². The SMILES string of the molecule is CCCCCCC(CCCCCC)S(=O)(=O)c1ccc2c(c1)sc(C=Cc1ccc(N(CCCCCC)CCCCCC)cc1)[n+]2C. The largest absolute Gasteiger partial charge is 0.372 e. The van der Waals surface area contributed by atoms with Crippen molar-refractivity contribution in [2.45, 2.75) is 153 Å². The van der Waals surface area contributed by atoms with Crippen molar-refractivity contribution < 1.29 is 13.0 Å². The van der Waals surface area contributed by atoms with Crippen molar-refractivity contribution in [2.75, 3.05) is 18.0 Å². The molecule has 3 rings (SSSR count). The van der Waals surface area contributed by atoms with Crippen LogP contribution in [0.2, 0.25) is 0 Å². The quantitative estimate of drug-likeness (QED) is 0.0660. The van der Waals surface area contributed by atoms with Gasteiger partial charge in [-0.3, -0.25) is 0 Å². The molecule has 0 aliphatic carbocycles. The van der Waals surface area contributed by atoms with Crippen LogP contribution >= 0.6 is 11.3 Å². The number of benzene rings is 2. The number of aryl methyl sites for hydroxylation is 1. The number of hydrogen-bond acceptors (Lipinski definition) is 4. The summed E-state index contributed by atoms with van der Waals surface area (Å²) in [6.45, 7) is 11.2. The average Bonchev–Trinajstić information content (AvgIpc) is 3.40. The molecule has 2 aromatic carbocycles. The van der Waals surface area contributed by atoms with E-state index in [0.29, 0.717) is 4.90 Å². The maximum Gasteiger partial charge on any atom is 0.262 e. The Labute approximate surface area is 292 Å².